The van der Waals surface area contributed by atoms with E-state index < -0.39 is 28.5 Å². The molecule has 3 rings (SSSR count). The van der Waals surface area contributed by atoms with Crippen LogP contribution in [-0.2, 0) is 26.2 Å². The van der Waals surface area contributed by atoms with E-state index in [-0.39, 0.29) is 29.1 Å². The van der Waals surface area contributed by atoms with E-state index in [1.54, 1.807) is 55.5 Å². The zero-order valence-electron chi connectivity index (χ0n) is 24.0. The van der Waals surface area contributed by atoms with Crippen molar-refractivity contribution < 1.29 is 27.5 Å². The van der Waals surface area contributed by atoms with Crippen molar-refractivity contribution in [3.63, 3.8) is 0 Å². The lowest BCUT2D eigenvalue weighted by atomic mass is 10.1. The van der Waals surface area contributed by atoms with Crippen LogP contribution >= 0.6 is 11.6 Å². The molecule has 0 aliphatic carbocycles. The summed E-state index contributed by atoms with van der Waals surface area (Å²) in [6, 6.07) is 16.9. The number of amides is 2. The highest BCUT2D eigenvalue weighted by molar-refractivity contribution is 7.92. The van der Waals surface area contributed by atoms with Crippen LogP contribution in [0.5, 0.6) is 11.5 Å². The van der Waals surface area contributed by atoms with Crippen LogP contribution in [0.3, 0.4) is 0 Å². The minimum absolute atomic E-state index is 0.0703. The van der Waals surface area contributed by atoms with Crippen LogP contribution in [0.25, 0.3) is 0 Å². The van der Waals surface area contributed by atoms with Gasteiger partial charge in [0.15, 0.2) is 11.5 Å². The van der Waals surface area contributed by atoms with Crippen LogP contribution < -0.4 is 19.1 Å². The van der Waals surface area contributed by atoms with Gasteiger partial charge < -0.3 is 19.7 Å². The molecule has 0 spiro atoms. The van der Waals surface area contributed by atoms with E-state index in [1.807, 2.05) is 20.8 Å². The molecule has 220 valence electrons. The molecule has 0 bridgehead atoms. The first-order valence-electron chi connectivity index (χ1n) is 13.0. The number of carbonyl (C=O) groups excluding carboxylic acids is 2. The van der Waals surface area contributed by atoms with Crippen LogP contribution in [0.1, 0.15) is 31.9 Å². The molecule has 1 atom stereocenters. The van der Waals surface area contributed by atoms with Gasteiger partial charge in [-0.3, -0.25) is 13.9 Å². The Morgan fingerprint density at radius 3 is 2.07 bits per heavy atom. The standard InChI is InChI=1S/C30H36ClN3O6S/c1-20(2)32-30(36)22(4)33(18-23-9-11-24(31)12-10-23)29(35)19-34(25-13-7-21(3)8-14-25)41(37,38)26-15-16-27(39-5)28(17-26)40-6/h7-17,20,22H,18-19H2,1-6H3,(H,32,36). The third-order valence-corrected chi connectivity index (χ3v) is 8.43. The Balaban J connectivity index is 2.06. The first-order chi connectivity index (χ1) is 19.4. The molecular formula is C30H36ClN3O6S. The number of sulfonamides is 1. The number of benzene rings is 3. The maximum absolute atomic E-state index is 14.1. The predicted octanol–water partition coefficient (Wildman–Crippen LogP) is 4.80. The van der Waals surface area contributed by atoms with Gasteiger partial charge in [-0.15, -0.1) is 0 Å². The summed E-state index contributed by atoms with van der Waals surface area (Å²) in [5, 5.41) is 3.36. The van der Waals surface area contributed by atoms with Crippen molar-refractivity contribution in [3.8, 4) is 11.5 Å². The number of hydrogen-bond acceptors (Lipinski definition) is 6. The van der Waals surface area contributed by atoms with Crippen LogP contribution in [0.2, 0.25) is 5.02 Å². The van der Waals surface area contributed by atoms with Gasteiger partial charge in [0.25, 0.3) is 10.0 Å². The smallest absolute Gasteiger partial charge is 0.264 e. The van der Waals surface area contributed by atoms with Crippen LogP contribution in [-0.4, -0.2) is 58.0 Å². The van der Waals surface area contributed by atoms with Gasteiger partial charge in [0.05, 0.1) is 24.8 Å². The van der Waals surface area contributed by atoms with Crippen molar-refractivity contribution >= 4 is 39.1 Å². The minimum atomic E-state index is -4.26. The topological polar surface area (TPSA) is 105 Å². The Labute approximate surface area is 247 Å². The third-order valence-electron chi connectivity index (χ3n) is 6.41. The maximum atomic E-state index is 14.1. The number of anilines is 1. The van der Waals surface area contributed by atoms with Crippen molar-refractivity contribution in [2.75, 3.05) is 25.1 Å². The third kappa shape index (κ3) is 7.92. The average molecular weight is 602 g/mol. The van der Waals surface area contributed by atoms with Gasteiger partial charge >= 0.3 is 0 Å². The molecule has 3 aromatic carbocycles. The second-order valence-electron chi connectivity index (χ2n) is 9.85. The summed E-state index contributed by atoms with van der Waals surface area (Å²) in [5.74, 6) is -0.321. The van der Waals surface area contributed by atoms with E-state index in [4.69, 9.17) is 21.1 Å². The zero-order chi connectivity index (χ0) is 30.3. The van der Waals surface area contributed by atoms with Crippen molar-refractivity contribution in [1.29, 1.82) is 0 Å². The summed E-state index contributed by atoms with van der Waals surface area (Å²) in [6.07, 6.45) is 0. The van der Waals surface area contributed by atoms with Crippen LogP contribution in [0.15, 0.2) is 71.6 Å². The number of hydrogen-bond donors (Lipinski definition) is 1. The second kappa shape index (κ2) is 13.7. The molecule has 0 aromatic heterocycles. The predicted molar refractivity (Wildman–Crippen MR) is 160 cm³/mol. The van der Waals surface area contributed by atoms with Gasteiger partial charge in [-0.25, -0.2) is 8.42 Å². The largest absolute Gasteiger partial charge is 0.493 e. The fourth-order valence-corrected chi connectivity index (χ4v) is 5.67. The number of carbonyl (C=O) groups is 2. The molecule has 0 aliphatic rings. The van der Waals surface area contributed by atoms with E-state index in [1.165, 1.54) is 37.3 Å². The van der Waals surface area contributed by atoms with Crippen molar-refractivity contribution in [1.82, 2.24) is 10.2 Å². The Kier molecular flexibility index (Phi) is 10.6. The summed E-state index contributed by atoms with van der Waals surface area (Å²) in [4.78, 5) is 28.3. The minimum Gasteiger partial charge on any atom is -0.493 e. The molecule has 0 heterocycles. The Morgan fingerprint density at radius 1 is 0.902 bits per heavy atom. The number of nitrogens with one attached hydrogen (secondary N) is 1. The maximum Gasteiger partial charge on any atom is 0.264 e. The highest BCUT2D eigenvalue weighted by Crippen LogP contribution is 2.32. The summed E-state index contributed by atoms with van der Waals surface area (Å²) in [7, 11) is -1.40. The second-order valence-corrected chi connectivity index (χ2v) is 12.2. The Morgan fingerprint density at radius 2 is 1.51 bits per heavy atom. The molecular weight excluding hydrogens is 566 g/mol. The zero-order valence-corrected chi connectivity index (χ0v) is 25.6. The monoisotopic (exact) mass is 601 g/mol. The number of rotatable bonds is 12. The van der Waals surface area contributed by atoms with Crippen molar-refractivity contribution in [2.45, 2.75) is 51.2 Å². The number of ether oxygens (including phenoxy) is 2. The Hall–Kier alpha value is -3.76. The number of aryl methyl sites for hydroxylation is 1. The molecule has 9 nitrogen and oxygen atoms in total. The fraction of sp³-hybridized carbons (Fsp3) is 0.333. The van der Waals surface area contributed by atoms with Gasteiger partial charge in [0, 0.05) is 23.7 Å². The summed E-state index contributed by atoms with van der Waals surface area (Å²) in [6.45, 7) is 6.67. The highest BCUT2D eigenvalue weighted by Gasteiger charge is 2.33. The molecule has 41 heavy (non-hydrogen) atoms. The molecule has 1 unspecified atom stereocenters. The normalized spacial score (nSPS) is 12.0. The number of halogens is 1. The SMILES string of the molecule is COc1ccc(S(=O)(=O)N(CC(=O)N(Cc2ccc(Cl)cc2)C(C)C(=O)NC(C)C)c2ccc(C)cc2)cc1OC. The lowest BCUT2D eigenvalue weighted by Crippen LogP contribution is -2.52. The van der Waals surface area contributed by atoms with Gasteiger partial charge in [-0.1, -0.05) is 41.4 Å². The molecule has 0 aliphatic heterocycles. The molecule has 0 saturated carbocycles. The van der Waals surface area contributed by atoms with E-state index in [9.17, 15) is 18.0 Å². The molecule has 1 N–H and O–H groups in total. The van der Waals surface area contributed by atoms with Gasteiger partial charge in [-0.05, 0) is 69.7 Å². The number of nitrogens with zero attached hydrogens (tertiary/aromatic N) is 2. The lowest BCUT2D eigenvalue weighted by Gasteiger charge is -2.32. The van der Waals surface area contributed by atoms with E-state index >= 15 is 0 Å². The fourth-order valence-electron chi connectivity index (χ4n) is 4.12. The molecule has 2 amide bonds. The van der Waals surface area contributed by atoms with Crippen molar-refractivity contribution in [3.05, 3.63) is 82.9 Å². The highest BCUT2D eigenvalue weighted by atomic mass is 35.5. The first-order valence-corrected chi connectivity index (χ1v) is 14.8. The average Bonchev–Trinajstić information content (AvgIpc) is 2.94. The molecule has 3 aromatic rings. The summed E-state index contributed by atoms with van der Waals surface area (Å²) < 4.78 is 39.7. The van der Waals surface area contributed by atoms with Crippen molar-refractivity contribution in [2.24, 2.45) is 0 Å². The van der Waals surface area contributed by atoms with Gasteiger partial charge in [-0.2, -0.15) is 0 Å². The van der Waals surface area contributed by atoms with Gasteiger partial charge in [0.1, 0.15) is 12.6 Å². The summed E-state index contributed by atoms with van der Waals surface area (Å²) >= 11 is 6.04. The first kappa shape index (κ1) is 31.8. The number of methoxy groups -OCH3 is 2. The van der Waals surface area contributed by atoms with E-state index in [0.29, 0.717) is 16.5 Å². The van der Waals surface area contributed by atoms with Crippen LogP contribution in [0.4, 0.5) is 5.69 Å². The van der Waals surface area contributed by atoms with E-state index in [0.717, 1.165) is 15.4 Å². The summed E-state index contributed by atoms with van der Waals surface area (Å²) in [5.41, 5.74) is 1.95. The lowest BCUT2D eigenvalue weighted by molar-refractivity contribution is -0.139. The van der Waals surface area contributed by atoms with E-state index in [2.05, 4.69) is 5.32 Å². The molecule has 0 fully saturated rings. The van der Waals surface area contributed by atoms with Crippen LogP contribution in [0, 0.1) is 6.92 Å². The quantitative estimate of drug-likeness (QED) is 0.320. The molecule has 0 radical (unpaired) electrons. The molecule has 11 heteroatoms. The Bertz CT molecular complexity index is 1460. The van der Waals surface area contributed by atoms with Gasteiger partial charge in [0.2, 0.25) is 11.8 Å². The molecule has 0 saturated heterocycles.